The first kappa shape index (κ1) is 11.5. The highest BCUT2D eigenvalue weighted by Gasteiger charge is 2.14. The van der Waals surface area contributed by atoms with Crippen LogP contribution in [0.4, 0.5) is 0 Å². The Labute approximate surface area is 113 Å². The molecule has 0 aliphatic rings. The number of benzene rings is 1. The zero-order valence-corrected chi connectivity index (χ0v) is 11.4. The molecule has 3 aromatic rings. The summed E-state index contributed by atoms with van der Waals surface area (Å²) in [5.74, 6) is 0.875. The number of aryl methyl sites for hydroxylation is 1. The first-order valence-electron chi connectivity index (χ1n) is 5.59. The standard InChI is InChI=1S/C13H12BrN3O/c1-17-11-6-8(7-15)2-3-10(11)16-13(17)9-4-5-18-12(9)14/h2-6H,7,15H2,1H3. The third kappa shape index (κ3) is 1.67. The van der Waals surface area contributed by atoms with Gasteiger partial charge in [0.1, 0.15) is 5.82 Å². The van der Waals surface area contributed by atoms with Crippen LogP contribution >= 0.6 is 15.9 Å². The summed E-state index contributed by atoms with van der Waals surface area (Å²) in [6.07, 6.45) is 1.64. The van der Waals surface area contributed by atoms with Crippen LogP contribution in [0.3, 0.4) is 0 Å². The second-order valence-corrected chi connectivity index (χ2v) is 4.85. The van der Waals surface area contributed by atoms with Crippen LogP contribution in [0.15, 0.2) is 39.6 Å². The number of nitrogens with zero attached hydrogens (tertiary/aromatic N) is 2. The van der Waals surface area contributed by atoms with Crippen molar-refractivity contribution in [2.75, 3.05) is 0 Å². The molecule has 0 aliphatic heterocycles. The van der Waals surface area contributed by atoms with Gasteiger partial charge in [0.05, 0.1) is 22.9 Å². The van der Waals surface area contributed by atoms with Gasteiger partial charge in [0.15, 0.2) is 4.67 Å². The van der Waals surface area contributed by atoms with Gasteiger partial charge in [-0.25, -0.2) is 4.98 Å². The lowest BCUT2D eigenvalue weighted by Gasteiger charge is -2.01. The van der Waals surface area contributed by atoms with E-state index in [1.165, 1.54) is 0 Å². The number of halogens is 1. The molecule has 0 unspecified atom stereocenters. The van der Waals surface area contributed by atoms with Crippen molar-refractivity contribution in [3.8, 4) is 11.4 Å². The second kappa shape index (κ2) is 4.26. The van der Waals surface area contributed by atoms with Gasteiger partial charge in [-0.15, -0.1) is 0 Å². The van der Waals surface area contributed by atoms with Gasteiger partial charge in [-0.05, 0) is 39.7 Å². The zero-order chi connectivity index (χ0) is 12.7. The van der Waals surface area contributed by atoms with Crippen molar-refractivity contribution in [2.45, 2.75) is 6.54 Å². The molecular weight excluding hydrogens is 294 g/mol. The van der Waals surface area contributed by atoms with Gasteiger partial charge in [0.25, 0.3) is 0 Å². The van der Waals surface area contributed by atoms with Crippen LogP contribution in [0.1, 0.15) is 5.56 Å². The third-order valence-electron chi connectivity index (χ3n) is 3.04. The van der Waals surface area contributed by atoms with Gasteiger partial charge >= 0.3 is 0 Å². The number of hydrogen-bond acceptors (Lipinski definition) is 3. The number of aromatic nitrogens is 2. The number of fused-ring (bicyclic) bond motifs is 1. The number of imidazole rings is 1. The minimum absolute atomic E-state index is 0.534. The Hall–Kier alpha value is -1.59. The fraction of sp³-hybridized carbons (Fsp3) is 0.154. The number of rotatable bonds is 2. The molecule has 18 heavy (non-hydrogen) atoms. The van der Waals surface area contributed by atoms with Crippen molar-refractivity contribution >= 4 is 27.0 Å². The molecule has 0 spiro atoms. The largest absolute Gasteiger partial charge is 0.457 e. The topological polar surface area (TPSA) is 57.0 Å². The molecule has 1 aromatic carbocycles. The van der Waals surface area contributed by atoms with Crippen molar-refractivity contribution in [1.82, 2.24) is 9.55 Å². The van der Waals surface area contributed by atoms with E-state index in [9.17, 15) is 0 Å². The number of nitrogens with two attached hydrogens (primary N) is 1. The Balaban J connectivity index is 2.26. The van der Waals surface area contributed by atoms with Gasteiger partial charge in [-0.3, -0.25) is 0 Å². The maximum Gasteiger partial charge on any atom is 0.179 e. The van der Waals surface area contributed by atoms with Crippen molar-refractivity contribution in [1.29, 1.82) is 0 Å². The van der Waals surface area contributed by atoms with Crippen LogP contribution in [0.25, 0.3) is 22.4 Å². The van der Waals surface area contributed by atoms with Crippen LogP contribution in [-0.4, -0.2) is 9.55 Å². The zero-order valence-electron chi connectivity index (χ0n) is 9.85. The van der Waals surface area contributed by atoms with E-state index < -0.39 is 0 Å². The minimum Gasteiger partial charge on any atom is -0.457 e. The molecule has 0 saturated heterocycles. The van der Waals surface area contributed by atoms with E-state index in [4.69, 9.17) is 10.2 Å². The molecular formula is C13H12BrN3O. The second-order valence-electron chi connectivity index (χ2n) is 4.13. The first-order valence-corrected chi connectivity index (χ1v) is 6.39. The normalized spacial score (nSPS) is 11.3. The van der Waals surface area contributed by atoms with E-state index in [0.29, 0.717) is 11.2 Å². The minimum atomic E-state index is 0.534. The van der Waals surface area contributed by atoms with Crippen LogP contribution in [0, 0.1) is 0 Å². The summed E-state index contributed by atoms with van der Waals surface area (Å²) >= 11 is 3.38. The average Bonchev–Trinajstić information content (AvgIpc) is 2.93. The molecule has 0 bridgehead atoms. The highest BCUT2D eigenvalue weighted by molar-refractivity contribution is 9.10. The number of hydrogen-bond donors (Lipinski definition) is 1. The van der Waals surface area contributed by atoms with Gasteiger partial charge in [0, 0.05) is 13.6 Å². The lowest BCUT2D eigenvalue weighted by molar-refractivity contribution is 0.542. The quantitative estimate of drug-likeness (QED) is 0.791. The summed E-state index contributed by atoms with van der Waals surface area (Å²) in [6.45, 7) is 0.534. The molecule has 0 amide bonds. The van der Waals surface area contributed by atoms with Gasteiger partial charge in [-0.1, -0.05) is 6.07 Å². The number of furan rings is 1. The Bertz CT molecular complexity index is 714. The first-order chi connectivity index (χ1) is 8.70. The lowest BCUT2D eigenvalue weighted by Crippen LogP contribution is -1.96. The molecule has 0 saturated carbocycles. The summed E-state index contributed by atoms with van der Waals surface area (Å²) in [5.41, 5.74) is 9.74. The molecule has 0 fully saturated rings. The molecule has 0 radical (unpaired) electrons. The molecule has 2 N–H and O–H groups in total. The summed E-state index contributed by atoms with van der Waals surface area (Å²) in [6, 6.07) is 7.97. The van der Waals surface area contributed by atoms with Gasteiger partial charge < -0.3 is 14.7 Å². The molecule has 0 atom stereocenters. The molecule has 2 aromatic heterocycles. The van der Waals surface area contributed by atoms with Gasteiger partial charge in [-0.2, -0.15) is 0 Å². The van der Waals surface area contributed by atoms with E-state index in [0.717, 1.165) is 28.0 Å². The average molecular weight is 306 g/mol. The fourth-order valence-electron chi connectivity index (χ4n) is 2.06. The Kier molecular flexibility index (Phi) is 2.72. The van der Waals surface area contributed by atoms with E-state index in [1.54, 1.807) is 6.26 Å². The van der Waals surface area contributed by atoms with E-state index in [2.05, 4.69) is 27.0 Å². The predicted molar refractivity (Wildman–Crippen MR) is 74.0 cm³/mol. The van der Waals surface area contributed by atoms with Gasteiger partial charge in [0.2, 0.25) is 0 Å². The lowest BCUT2D eigenvalue weighted by atomic mass is 10.2. The Morgan fingerprint density at radius 3 is 2.89 bits per heavy atom. The SMILES string of the molecule is Cn1c(-c2ccoc2Br)nc2ccc(CN)cc21. The summed E-state index contributed by atoms with van der Waals surface area (Å²) in [5, 5.41) is 0. The van der Waals surface area contributed by atoms with E-state index in [1.807, 2.05) is 29.8 Å². The fourth-order valence-corrected chi connectivity index (χ4v) is 2.47. The van der Waals surface area contributed by atoms with Crippen LogP contribution < -0.4 is 5.73 Å². The maximum atomic E-state index is 5.66. The molecule has 4 nitrogen and oxygen atoms in total. The molecule has 92 valence electrons. The summed E-state index contributed by atoms with van der Waals surface area (Å²) in [4.78, 5) is 4.62. The summed E-state index contributed by atoms with van der Waals surface area (Å²) < 4.78 is 8.00. The third-order valence-corrected chi connectivity index (χ3v) is 3.65. The van der Waals surface area contributed by atoms with Crippen molar-refractivity contribution in [3.05, 3.63) is 40.8 Å². The van der Waals surface area contributed by atoms with Crippen molar-refractivity contribution in [3.63, 3.8) is 0 Å². The molecule has 5 heteroatoms. The summed E-state index contributed by atoms with van der Waals surface area (Å²) in [7, 11) is 1.99. The highest BCUT2D eigenvalue weighted by atomic mass is 79.9. The molecule has 2 heterocycles. The highest BCUT2D eigenvalue weighted by Crippen LogP contribution is 2.30. The van der Waals surface area contributed by atoms with E-state index >= 15 is 0 Å². The Morgan fingerprint density at radius 1 is 1.39 bits per heavy atom. The van der Waals surface area contributed by atoms with Crippen LogP contribution in [0.2, 0.25) is 0 Å². The smallest absolute Gasteiger partial charge is 0.179 e. The molecule has 0 aliphatic carbocycles. The monoisotopic (exact) mass is 305 g/mol. The maximum absolute atomic E-state index is 5.66. The van der Waals surface area contributed by atoms with Crippen LogP contribution in [-0.2, 0) is 13.6 Å². The predicted octanol–water partition coefficient (Wildman–Crippen LogP) is 3.05. The van der Waals surface area contributed by atoms with Crippen molar-refractivity contribution in [2.24, 2.45) is 12.8 Å². The Morgan fingerprint density at radius 2 is 2.22 bits per heavy atom. The molecule has 3 rings (SSSR count). The van der Waals surface area contributed by atoms with Crippen molar-refractivity contribution < 1.29 is 4.42 Å². The van der Waals surface area contributed by atoms with E-state index in [-0.39, 0.29) is 0 Å². The van der Waals surface area contributed by atoms with Crippen LogP contribution in [0.5, 0.6) is 0 Å².